The molecule has 0 saturated heterocycles. The molecule has 144 valence electrons. The molecule has 0 spiro atoms. The lowest BCUT2D eigenvalue weighted by Gasteiger charge is -2.11. The highest BCUT2D eigenvalue weighted by molar-refractivity contribution is 5.88. The van der Waals surface area contributed by atoms with Gasteiger partial charge in [0.1, 0.15) is 29.6 Å². The zero-order valence-electron chi connectivity index (χ0n) is 16.1. The van der Waals surface area contributed by atoms with Crippen LogP contribution in [0.1, 0.15) is 40.7 Å². The monoisotopic (exact) mass is 440 g/mol. The number of nitriles is 1. The van der Waals surface area contributed by atoms with Crippen molar-refractivity contribution in [2.75, 3.05) is 6.61 Å². The quantitative estimate of drug-likeness (QED) is 0.434. The number of hydrogen-bond acceptors (Lipinski definition) is 4. The van der Waals surface area contributed by atoms with Crippen LogP contribution in [-0.2, 0) is 13.0 Å². The summed E-state index contributed by atoms with van der Waals surface area (Å²) in [5.74, 6) is 1.00. The van der Waals surface area contributed by atoms with Gasteiger partial charge in [-0.3, -0.25) is 0 Å². The molecule has 6 heteroatoms. The fourth-order valence-corrected chi connectivity index (χ4v) is 3.80. The molecule has 4 rings (SSSR count). The van der Waals surface area contributed by atoms with Gasteiger partial charge in [0.05, 0.1) is 5.92 Å². The van der Waals surface area contributed by atoms with Crippen molar-refractivity contribution in [1.29, 1.82) is 5.26 Å². The van der Waals surface area contributed by atoms with Crippen molar-refractivity contribution in [3.8, 4) is 11.8 Å². The zero-order valence-corrected chi connectivity index (χ0v) is 17.7. The summed E-state index contributed by atoms with van der Waals surface area (Å²) >= 11 is 0. The number of rotatable bonds is 3. The molecule has 0 radical (unpaired) electrons. The average molecular weight is 441 g/mol. The van der Waals surface area contributed by atoms with Gasteiger partial charge < -0.3 is 26.1 Å². The third-order valence-corrected chi connectivity index (χ3v) is 5.45. The van der Waals surface area contributed by atoms with Gasteiger partial charge in [-0.1, -0.05) is 6.92 Å². The van der Waals surface area contributed by atoms with Gasteiger partial charge in [0.15, 0.2) is 18.9 Å². The topological polar surface area (TPSA) is 67.1 Å². The predicted octanol–water partition coefficient (Wildman–Crippen LogP) is 0.312. The molecule has 0 N–H and O–H groups in total. The van der Waals surface area contributed by atoms with Gasteiger partial charge in [-0.05, 0) is 37.5 Å². The Balaban J connectivity index is 0.00000225. The Morgan fingerprint density at radius 2 is 1.96 bits per heavy atom. The molecule has 3 aromatic rings. The third kappa shape index (κ3) is 3.20. The molecular formula is C22H21BrN2O3. The van der Waals surface area contributed by atoms with Gasteiger partial charge >= 0.3 is 5.63 Å². The fourth-order valence-electron chi connectivity index (χ4n) is 3.80. The highest BCUT2D eigenvalue weighted by Crippen LogP contribution is 2.41. The summed E-state index contributed by atoms with van der Waals surface area (Å²) in [6.45, 7) is 7.24. The summed E-state index contributed by atoms with van der Waals surface area (Å²) in [7, 11) is 0. The van der Waals surface area contributed by atoms with Crippen molar-refractivity contribution < 1.29 is 30.7 Å². The minimum Gasteiger partial charge on any atom is -1.00 e. The second-order valence-electron chi connectivity index (χ2n) is 7.06. The summed E-state index contributed by atoms with van der Waals surface area (Å²) in [6, 6.07) is 8.26. The molecular weight excluding hydrogens is 420 g/mol. The van der Waals surface area contributed by atoms with E-state index in [1.54, 1.807) is 6.92 Å². The van der Waals surface area contributed by atoms with E-state index in [9.17, 15) is 10.1 Å². The second-order valence-corrected chi connectivity index (χ2v) is 7.06. The zero-order chi connectivity index (χ0) is 19.1. The van der Waals surface area contributed by atoms with Crippen LogP contribution in [0.5, 0.6) is 5.75 Å². The normalized spacial score (nSPS) is 14.9. The van der Waals surface area contributed by atoms with Crippen LogP contribution in [0.2, 0.25) is 0 Å². The predicted molar refractivity (Wildman–Crippen MR) is 101 cm³/mol. The number of aryl methyl sites for hydroxylation is 3. The van der Waals surface area contributed by atoms with Crippen LogP contribution in [0.3, 0.4) is 0 Å². The Hall–Kier alpha value is -2.65. The summed E-state index contributed by atoms with van der Waals surface area (Å²) in [6.07, 6.45) is 5.22. The fraction of sp³-hybridized carbons (Fsp3) is 0.318. The smallest absolute Gasteiger partial charge is 0.354 e. The highest BCUT2D eigenvalue weighted by atomic mass is 79.9. The molecule has 0 bridgehead atoms. The molecule has 1 aromatic carbocycles. The maximum absolute atomic E-state index is 12.1. The molecule has 0 aliphatic carbocycles. The van der Waals surface area contributed by atoms with Gasteiger partial charge in [0, 0.05) is 28.6 Å². The van der Waals surface area contributed by atoms with Gasteiger partial charge in [0.25, 0.3) is 0 Å². The number of pyridine rings is 1. The molecule has 1 atom stereocenters. The minimum atomic E-state index is -0.591. The van der Waals surface area contributed by atoms with Gasteiger partial charge in [0.2, 0.25) is 0 Å². The number of fused-ring (bicyclic) bond motifs is 2. The maximum Gasteiger partial charge on any atom is 0.354 e. The molecule has 0 saturated carbocycles. The van der Waals surface area contributed by atoms with Crippen LogP contribution < -0.4 is 31.9 Å². The Kier molecular flexibility index (Phi) is 5.57. The molecule has 1 aliphatic heterocycles. The molecule has 5 nitrogen and oxygen atoms in total. The van der Waals surface area contributed by atoms with E-state index < -0.39 is 5.63 Å². The van der Waals surface area contributed by atoms with Crippen LogP contribution >= 0.6 is 0 Å². The summed E-state index contributed by atoms with van der Waals surface area (Å²) < 4.78 is 13.6. The van der Waals surface area contributed by atoms with Crippen LogP contribution in [0.15, 0.2) is 39.8 Å². The highest BCUT2D eigenvalue weighted by Gasteiger charge is 2.31. The van der Waals surface area contributed by atoms with Crippen molar-refractivity contribution in [2.45, 2.75) is 39.7 Å². The van der Waals surface area contributed by atoms with E-state index in [0.717, 1.165) is 35.2 Å². The van der Waals surface area contributed by atoms with Gasteiger partial charge in [-0.25, -0.2) is 9.36 Å². The van der Waals surface area contributed by atoms with E-state index in [0.29, 0.717) is 17.8 Å². The minimum absolute atomic E-state index is 0. The van der Waals surface area contributed by atoms with E-state index in [1.165, 1.54) is 5.56 Å². The first-order valence-electron chi connectivity index (χ1n) is 9.15. The Morgan fingerprint density at radius 3 is 2.61 bits per heavy atom. The SMILES string of the molecule is CCc1cc[n+](CC2COc3c2cc2c(C)c(C#N)c(=O)oc2c3C)cc1.[Br-]. The van der Waals surface area contributed by atoms with Crippen molar-refractivity contribution in [2.24, 2.45) is 0 Å². The van der Waals surface area contributed by atoms with Crippen LogP contribution in [0.25, 0.3) is 11.0 Å². The summed E-state index contributed by atoms with van der Waals surface area (Å²) in [4.78, 5) is 12.1. The van der Waals surface area contributed by atoms with Crippen molar-refractivity contribution in [3.63, 3.8) is 0 Å². The molecule has 1 unspecified atom stereocenters. The lowest BCUT2D eigenvalue weighted by Crippen LogP contribution is -3.00. The third-order valence-electron chi connectivity index (χ3n) is 5.45. The largest absolute Gasteiger partial charge is 1.00 e. The van der Waals surface area contributed by atoms with Crippen molar-refractivity contribution in [3.05, 3.63) is 68.8 Å². The number of ether oxygens (including phenoxy) is 1. The number of nitrogens with zero attached hydrogens (tertiary/aromatic N) is 2. The number of halogens is 1. The Labute approximate surface area is 173 Å². The van der Waals surface area contributed by atoms with Crippen LogP contribution in [0.4, 0.5) is 0 Å². The first-order valence-corrected chi connectivity index (χ1v) is 9.15. The number of benzene rings is 1. The average Bonchev–Trinajstić information content (AvgIpc) is 3.07. The molecule has 0 amide bonds. The van der Waals surface area contributed by atoms with E-state index >= 15 is 0 Å². The standard InChI is InChI=1S/C22H21N2O3.BrH/c1-4-15-5-7-24(8-6-15)11-16-12-26-20-14(3)21-17(9-18(16)20)13(2)19(10-23)22(25)27-21;/h5-9,16H,4,11-12H2,1-3H3;1H/q+1;/p-1. The van der Waals surface area contributed by atoms with Crippen LogP contribution in [-0.4, -0.2) is 6.61 Å². The van der Waals surface area contributed by atoms with E-state index in [4.69, 9.17) is 9.15 Å². The van der Waals surface area contributed by atoms with E-state index in [-0.39, 0.29) is 28.5 Å². The Bertz CT molecular complexity index is 1140. The molecule has 2 aromatic heterocycles. The number of hydrogen-bond donors (Lipinski definition) is 0. The number of aromatic nitrogens is 1. The first-order chi connectivity index (χ1) is 13.0. The second kappa shape index (κ2) is 7.76. The lowest BCUT2D eigenvalue weighted by molar-refractivity contribution is -0.699. The van der Waals surface area contributed by atoms with Crippen LogP contribution in [0, 0.1) is 25.2 Å². The van der Waals surface area contributed by atoms with E-state index in [2.05, 4.69) is 36.0 Å². The van der Waals surface area contributed by atoms with Crippen molar-refractivity contribution >= 4 is 11.0 Å². The first kappa shape index (κ1) is 20.1. The van der Waals surface area contributed by atoms with Gasteiger partial charge in [-0.2, -0.15) is 5.26 Å². The lowest BCUT2D eigenvalue weighted by atomic mass is 9.94. The summed E-state index contributed by atoms with van der Waals surface area (Å²) in [5.41, 5.74) is 3.89. The van der Waals surface area contributed by atoms with Crippen molar-refractivity contribution in [1.82, 2.24) is 0 Å². The van der Waals surface area contributed by atoms with Gasteiger partial charge in [-0.15, -0.1) is 0 Å². The molecule has 3 heterocycles. The maximum atomic E-state index is 12.1. The molecule has 28 heavy (non-hydrogen) atoms. The summed E-state index contributed by atoms with van der Waals surface area (Å²) in [5, 5.41) is 10.1. The Morgan fingerprint density at radius 1 is 1.25 bits per heavy atom. The molecule has 1 aliphatic rings. The molecule has 0 fully saturated rings. The van der Waals surface area contributed by atoms with E-state index in [1.807, 2.05) is 19.1 Å².